The number of fused-ring (bicyclic) bond motifs is 1. The largest absolute Gasteiger partial charge is 0.294 e. The fourth-order valence-electron chi connectivity index (χ4n) is 2.52. The van der Waals surface area contributed by atoms with Gasteiger partial charge in [0.1, 0.15) is 0 Å². The fourth-order valence-corrected chi connectivity index (χ4v) is 2.89. The SMILES string of the molecule is Cc1ccc(Br)cc1C(=O)Cc1ccc2ccccc2c1. The minimum absolute atomic E-state index is 0.157. The molecule has 3 aromatic carbocycles. The van der Waals surface area contributed by atoms with Crippen molar-refractivity contribution in [2.75, 3.05) is 0 Å². The Morgan fingerprint density at radius 2 is 1.71 bits per heavy atom. The quantitative estimate of drug-likeness (QED) is 0.589. The van der Waals surface area contributed by atoms with Gasteiger partial charge in [0.05, 0.1) is 0 Å². The third kappa shape index (κ3) is 3.06. The first-order chi connectivity index (χ1) is 10.1. The second kappa shape index (κ2) is 5.82. The van der Waals surface area contributed by atoms with Gasteiger partial charge in [0.2, 0.25) is 0 Å². The third-order valence-electron chi connectivity index (χ3n) is 3.68. The van der Waals surface area contributed by atoms with Crippen LogP contribution < -0.4 is 0 Å². The van der Waals surface area contributed by atoms with E-state index in [4.69, 9.17) is 0 Å². The van der Waals surface area contributed by atoms with Gasteiger partial charge in [-0.2, -0.15) is 0 Å². The average Bonchev–Trinajstić information content (AvgIpc) is 2.49. The van der Waals surface area contributed by atoms with Crippen LogP contribution in [0.3, 0.4) is 0 Å². The fraction of sp³-hybridized carbons (Fsp3) is 0.105. The van der Waals surface area contributed by atoms with Gasteiger partial charge in [-0.1, -0.05) is 64.5 Å². The van der Waals surface area contributed by atoms with Gasteiger partial charge in [-0.25, -0.2) is 0 Å². The molecule has 104 valence electrons. The molecule has 0 aliphatic carbocycles. The third-order valence-corrected chi connectivity index (χ3v) is 4.17. The Kier molecular flexibility index (Phi) is 3.89. The number of benzene rings is 3. The zero-order valence-electron chi connectivity index (χ0n) is 11.8. The van der Waals surface area contributed by atoms with E-state index in [2.05, 4.69) is 40.2 Å². The van der Waals surface area contributed by atoms with Crippen LogP contribution >= 0.6 is 15.9 Å². The van der Waals surface area contributed by atoms with Crippen LogP contribution in [0.2, 0.25) is 0 Å². The predicted molar refractivity (Wildman–Crippen MR) is 90.9 cm³/mol. The molecular weight excluding hydrogens is 324 g/mol. The minimum Gasteiger partial charge on any atom is -0.294 e. The standard InChI is InChI=1S/C19H15BrO/c1-13-6-9-17(20)12-18(13)19(21)11-14-7-8-15-4-2-3-5-16(15)10-14/h2-10,12H,11H2,1H3. The van der Waals surface area contributed by atoms with Gasteiger partial charge in [0.15, 0.2) is 5.78 Å². The molecule has 3 aromatic rings. The number of aryl methyl sites for hydroxylation is 1. The zero-order chi connectivity index (χ0) is 14.8. The molecule has 1 nitrogen and oxygen atoms in total. The van der Waals surface area contributed by atoms with Crippen molar-refractivity contribution in [2.24, 2.45) is 0 Å². The first kappa shape index (κ1) is 14.0. The van der Waals surface area contributed by atoms with Crippen molar-refractivity contribution >= 4 is 32.5 Å². The first-order valence-electron chi connectivity index (χ1n) is 6.90. The lowest BCUT2D eigenvalue weighted by Crippen LogP contribution is -2.05. The Hall–Kier alpha value is -1.93. The summed E-state index contributed by atoms with van der Waals surface area (Å²) in [5.74, 6) is 0.157. The molecule has 3 rings (SSSR count). The van der Waals surface area contributed by atoms with E-state index in [-0.39, 0.29) is 5.78 Å². The molecule has 0 saturated carbocycles. The summed E-state index contributed by atoms with van der Waals surface area (Å²) in [4.78, 5) is 12.5. The lowest BCUT2D eigenvalue weighted by Gasteiger charge is -2.07. The topological polar surface area (TPSA) is 17.1 Å². The number of hydrogen-bond donors (Lipinski definition) is 0. The lowest BCUT2D eigenvalue weighted by molar-refractivity contribution is 0.0992. The van der Waals surface area contributed by atoms with Crippen molar-refractivity contribution in [2.45, 2.75) is 13.3 Å². The van der Waals surface area contributed by atoms with Crippen LogP contribution in [0.4, 0.5) is 0 Å². The number of halogens is 1. The van der Waals surface area contributed by atoms with Crippen molar-refractivity contribution < 1.29 is 4.79 Å². The van der Waals surface area contributed by atoms with Crippen molar-refractivity contribution in [1.82, 2.24) is 0 Å². The molecule has 0 radical (unpaired) electrons. The van der Waals surface area contributed by atoms with Gasteiger partial charge < -0.3 is 0 Å². The lowest BCUT2D eigenvalue weighted by atomic mass is 9.98. The summed E-state index contributed by atoms with van der Waals surface area (Å²) in [6.45, 7) is 1.97. The van der Waals surface area contributed by atoms with Gasteiger partial charge in [-0.05, 0) is 41.0 Å². The smallest absolute Gasteiger partial charge is 0.167 e. The van der Waals surface area contributed by atoms with Gasteiger partial charge in [0.25, 0.3) is 0 Å². The molecule has 0 aromatic heterocycles. The van der Waals surface area contributed by atoms with Crippen LogP contribution in [0.1, 0.15) is 21.5 Å². The summed E-state index contributed by atoms with van der Waals surface area (Å²) in [7, 11) is 0. The number of hydrogen-bond acceptors (Lipinski definition) is 1. The average molecular weight is 339 g/mol. The molecule has 0 atom stereocenters. The summed E-state index contributed by atoms with van der Waals surface area (Å²) < 4.78 is 0.940. The van der Waals surface area contributed by atoms with Crippen LogP contribution in [0.5, 0.6) is 0 Å². The van der Waals surface area contributed by atoms with E-state index >= 15 is 0 Å². The number of ketones is 1. The Morgan fingerprint density at radius 1 is 0.952 bits per heavy atom. The highest BCUT2D eigenvalue weighted by molar-refractivity contribution is 9.10. The van der Waals surface area contributed by atoms with E-state index in [0.717, 1.165) is 21.2 Å². The molecule has 0 N–H and O–H groups in total. The zero-order valence-corrected chi connectivity index (χ0v) is 13.4. The van der Waals surface area contributed by atoms with E-state index in [1.807, 2.05) is 43.3 Å². The molecule has 0 unspecified atom stereocenters. The van der Waals surface area contributed by atoms with E-state index in [0.29, 0.717) is 6.42 Å². The summed E-state index contributed by atoms with van der Waals surface area (Å²) >= 11 is 3.43. The highest BCUT2D eigenvalue weighted by Gasteiger charge is 2.10. The first-order valence-corrected chi connectivity index (χ1v) is 7.70. The van der Waals surface area contributed by atoms with Gasteiger partial charge >= 0.3 is 0 Å². The molecule has 0 spiro atoms. The van der Waals surface area contributed by atoms with Gasteiger partial charge in [-0.3, -0.25) is 4.79 Å². The molecule has 0 heterocycles. The number of rotatable bonds is 3. The van der Waals surface area contributed by atoms with Crippen molar-refractivity contribution in [3.05, 3.63) is 81.8 Å². The van der Waals surface area contributed by atoms with Crippen LogP contribution in [0, 0.1) is 6.92 Å². The van der Waals surface area contributed by atoms with Crippen LogP contribution in [-0.2, 0) is 6.42 Å². The Labute approximate surface area is 132 Å². The maximum atomic E-state index is 12.5. The summed E-state index contributed by atoms with van der Waals surface area (Å²) in [6, 6.07) is 20.2. The van der Waals surface area contributed by atoms with Gasteiger partial charge in [0, 0.05) is 16.5 Å². The van der Waals surface area contributed by atoms with Crippen molar-refractivity contribution in [1.29, 1.82) is 0 Å². The van der Waals surface area contributed by atoms with Crippen LogP contribution in [0.25, 0.3) is 10.8 Å². The predicted octanol–water partition coefficient (Wildman–Crippen LogP) is 5.34. The van der Waals surface area contributed by atoms with Crippen molar-refractivity contribution in [3.63, 3.8) is 0 Å². The normalized spacial score (nSPS) is 10.8. The Balaban J connectivity index is 1.90. The van der Waals surface area contributed by atoms with Crippen LogP contribution in [0.15, 0.2) is 65.1 Å². The number of carbonyl (C=O) groups excluding carboxylic acids is 1. The molecule has 0 saturated heterocycles. The molecule has 0 fully saturated rings. The molecule has 2 heteroatoms. The Morgan fingerprint density at radius 3 is 2.52 bits per heavy atom. The van der Waals surface area contributed by atoms with Crippen LogP contribution in [-0.4, -0.2) is 5.78 Å². The molecular formula is C19H15BrO. The molecule has 0 amide bonds. The monoisotopic (exact) mass is 338 g/mol. The minimum atomic E-state index is 0.157. The van der Waals surface area contributed by atoms with Gasteiger partial charge in [-0.15, -0.1) is 0 Å². The van der Waals surface area contributed by atoms with Crippen molar-refractivity contribution in [3.8, 4) is 0 Å². The summed E-state index contributed by atoms with van der Waals surface area (Å²) in [5.41, 5.74) is 2.86. The maximum absolute atomic E-state index is 12.5. The number of Topliss-reactive ketones (excluding diaryl/α,β-unsaturated/α-hetero) is 1. The van der Waals surface area contributed by atoms with E-state index < -0.39 is 0 Å². The van der Waals surface area contributed by atoms with E-state index in [1.54, 1.807) is 0 Å². The number of carbonyl (C=O) groups is 1. The highest BCUT2D eigenvalue weighted by atomic mass is 79.9. The molecule has 0 bridgehead atoms. The second-order valence-electron chi connectivity index (χ2n) is 5.24. The summed E-state index contributed by atoms with van der Waals surface area (Å²) in [5, 5.41) is 2.38. The Bertz CT molecular complexity index is 821. The molecule has 21 heavy (non-hydrogen) atoms. The van der Waals surface area contributed by atoms with E-state index in [9.17, 15) is 4.79 Å². The van der Waals surface area contributed by atoms with E-state index in [1.165, 1.54) is 10.8 Å². The second-order valence-corrected chi connectivity index (χ2v) is 6.16. The molecule has 0 aliphatic rings. The maximum Gasteiger partial charge on any atom is 0.167 e. The highest BCUT2D eigenvalue weighted by Crippen LogP contribution is 2.20. The summed E-state index contributed by atoms with van der Waals surface area (Å²) in [6.07, 6.45) is 0.433. The molecule has 0 aliphatic heterocycles.